The summed E-state index contributed by atoms with van der Waals surface area (Å²) in [6.07, 6.45) is 2.47. The van der Waals surface area contributed by atoms with Crippen LogP contribution in [-0.2, 0) is 4.74 Å². The standard InChI is InChI=1S/C17H27NO3/c1-5-7-18-17(16-6-8-21-12(16)2)13-9-14(19-3)11-15(10-13)20-4/h9-12,16-18H,5-8H2,1-4H3. The topological polar surface area (TPSA) is 39.7 Å². The van der Waals surface area contributed by atoms with E-state index in [1.807, 2.05) is 6.07 Å². The summed E-state index contributed by atoms with van der Waals surface area (Å²) in [4.78, 5) is 0. The summed E-state index contributed by atoms with van der Waals surface area (Å²) >= 11 is 0. The van der Waals surface area contributed by atoms with Crippen molar-refractivity contribution in [3.63, 3.8) is 0 Å². The summed E-state index contributed by atoms with van der Waals surface area (Å²) < 4.78 is 16.6. The molecule has 3 unspecified atom stereocenters. The second-order valence-corrected chi connectivity index (χ2v) is 5.61. The Morgan fingerprint density at radius 2 is 1.90 bits per heavy atom. The predicted molar refractivity (Wildman–Crippen MR) is 84.1 cm³/mol. The second-order valence-electron chi connectivity index (χ2n) is 5.61. The molecule has 0 aliphatic carbocycles. The molecule has 1 aromatic carbocycles. The minimum absolute atomic E-state index is 0.270. The molecule has 0 radical (unpaired) electrons. The Labute approximate surface area is 127 Å². The average molecular weight is 293 g/mol. The van der Waals surface area contributed by atoms with Crippen LogP contribution in [0.5, 0.6) is 11.5 Å². The first kappa shape index (κ1) is 16.1. The lowest BCUT2D eigenvalue weighted by Crippen LogP contribution is -2.32. The van der Waals surface area contributed by atoms with Crippen LogP contribution >= 0.6 is 0 Å². The van der Waals surface area contributed by atoms with Gasteiger partial charge in [0.05, 0.1) is 20.3 Å². The maximum absolute atomic E-state index is 5.76. The van der Waals surface area contributed by atoms with Gasteiger partial charge >= 0.3 is 0 Å². The predicted octanol–water partition coefficient (Wildman–Crippen LogP) is 3.17. The first-order valence-electron chi connectivity index (χ1n) is 7.77. The Bertz CT molecular complexity index is 427. The van der Waals surface area contributed by atoms with E-state index in [9.17, 15) is 0 Å². The molecule has 0 spiro atoms. The number of rotatable bonds is 7. The molecule has 0 saturated carbocycles. The number of benzene rings is 1. The monoisotopic (exact) mass is 293 g/mol. The van der Waals surface area contributed by atoms with Crippen LogP contribution in [0.15, 0.2) is 18.2 Å². The van der Waals surface area contributed by atoms with E-state index in [-0.39, 0.29) is 12.1 Å². The lowest BCUT2D eigenvalue weighted by atomic mass is 9.88. The van der Waals surface area contributed by atoms with E-state index in [2.05, 4.69) is 31.3 Å². The summed E-state index contributed by atoms with van der Waals surface area (Å²) in [7, 11) is 3.38. The van der Waals surface area contributed by atoms with Crippen LogP contribution in [0.4, 0.5) is 0 Å². The molecule has 0 amide bonds. The zero-order valence-corrected chi connectivity index (χ0v) is 13.5. The van der Waals surface area contributed by atoms with Crippen molar-refractivity contribution in [3.8, 4) is 11.5 Å². The summed E-state index contributed by atoms with van der Waals surface area (Å²) in [6.45, 7) is 6.19. The van der Waals surface area contributed by atoms with Crippen molar-refractivity contribution in [2.24, 2.45) is 5.92 Å². The van der Waals surface area contributed by atoms with Gasteiger partial charge < -0.3 is 19.5 Å². The van der Waals surface area contributed by atoms with Crippen molar-refractivity contribution in [1.82, 2.24) is 5.32 Å². The lowest BCUT2D eigenvalue weighted by Gasteiger charge is -2.28. The Balaban J connectivity index is 2.30. The van der Waals surface area contributed by atoms with Crippen molar-refractivity contribution in [2.75, 3.05) is 27.4 Å². The molecule has 118 valence electrons. The number of methoxy groups -OCH3 is 2. The Morgan fingerprint density at radius 3 is 2.38 bits per heavy atom. The molecule has 4 heteroatoms. The molecule has 2 rings (SSSR count). The van der Waals surface area contributed by atoms with Gasteiger partial charge in [0.15, 0.2) is 0 Å². The van der Waals surface area contributed by atoms with Crippen LogP contribution in [0.1, 0.15) is 38.3 Å². The van der Waals surface area contributed by atoms with Crippen LogP contribution in [0, 0.1) is 5.92 Å². The van der Waals surface area contributed by atoms with Crippen LogP contribution in [0.25, 0.3) is 0 Å². The molecular weight excluding hydrogens is 266 g/mol. The van der Waals surface area contributed by atoms with Gasteiger partial charge in [-0.2, -0.15) is 0 Å². The highest BCUT2D eigenvalue weighted by Gasteiger charge is 2.32. The van der Waals surface area contributed by atoms with Crippen LogP contribution < -0.4 is 14.8 Å². The summed E-state index contributed by atoms with van der Waals surface area (Å²) in [5.41, 5.74) is 1.21. The van der Waals surface area contributed by atoms with E-state index >= 15 is 0 Å². The van der Waals surface area contributed by atoms with Crippen LogP contribution in [-0.4, -0.2) is 33.5 Å². The number of hydrogen-bond acceptors (Lipinski definition) is 4. The molecule has 1 saturated heterocycles. The van der Waals surface area contributed by atoms with Crippen LogP contribution in [0.3, 0.4) is 0 Å². The largest absolute Gasteiger partial charge is 0.497 e. The fourth-order valence-electron chi connectivity index (χ4n) is 3.01. The SMILES string of the molecule is CCCNC(c1cc(OC)cc(OC)c1)C1CCOC1C. The Morgan fingerprint density at radius 1 is 1.24 bits per heavy atom. The molecule has 4 nitrogen and oxygen atoms in total. The van der Waals surface area contributed by atoms with Gasteiger partial charge in [-0.3, -0.25) is 0 Å². The minimum atomic E-state index is 0.270. The van der Waals surface area contributed by atoms with Gasteiger partial charge in [-0.05, 0) is 44.0 Å². The molecule has 3 atom stereocenters. The van der Waals surface area contributed by atoms with E-state index in [0.717, 1.165) is 37.5 Å². The zero-order chi connectivity index (χ0) is 15.2. The minimum Gasteiger partial charge on any atom is -0.497 e. The van der Waals surface area contributed by atoms with Gasteiger partial charge in [0.2, 0.25) is 0 Å². The number of hydrogen-bond donors (Lipinski definition) is 1. The highest BCUT2D eigenvalue weighted by Crippen LogP contribution is 2.36. The van der Waals surface area contributed by atoms with E-state index in [1.54, 1.807) is 14.2 Å². The molecule has 1 heterocycles. The normalized spacial score (nSPS) is 23.0. The lowest BCUT2D eigenvalue weighted by molar-refractivity contribution is 0.0953. The first-order valence-corrected chi connectivity index (χ1v) is 7.77. The van der Waals surface area contributed by atoms with Gasteiger partial charge in [-0.15, -0.1) is 0 Å². The molecule has 21 heavy (non-hydrogen) atoms. The third-order valence-corrected chi connectivity index (χ3v) is 4.21. The van der Waals surface area contributed by atoms with Gasteiger partial charge in [0.25, 0.3) is 0 Å². The van der Waals surface area contributed by atoms with Crippen molar-refractivity contribution in [2.45, 2.75) is 38.8 Å². The molecule has 0 bridgehead atoms. The van der Waals surface area contributed by atoms with Crippen molar-refractivity contribution >= 4 is 0 Å². The maximum atomic E-state index is 5.76. The average Bonchev–Trinajstić information content (AvgIpc) is 2.93. The Hall–Kier alpha value is -1.26. The second kappa shape index (κ2) is 7.66. The zero-order valence-electron chi connectivity index (χ0n) is 13.5. The van der Waals surface area contributed by atoms with Crippen molar-refractivity contribution in [1.29, 1.82) is 0 Å². The third-order valence-electron chi connectivity index (χ3n) is 4.21. The highest BCUT2D eigenvalue weighted by molar-refractivity contribution is 5.40. The molecule has 0 aromatic heterocycles. The molecule has 1 N–H and O–H groups in total. The van der Waals surface area contributed by atoms with Gasteiger partial charge in [-0.1, -0.05) is 6.92 Å². The summed E-state index contributed by atoms with van der Waals surface area (Å²) in [5.74, 6) is 2.15. The fourth-order valence-corrected chi connectivity index (χ4v) is 3.01. The molecule has 1 aliphatic heterocycles. The van der Waals surface area contributed by atoms with E-state index in [0.29, 0.717) is 5.92 Å². The number of nitrogens with one attached hydrogen (secondary N) is 1. The fraction of sp³-hybridized carbons (Fsp3) is 0.647. The summed E-state index contributed by atoms with van der Waals surface area (Å²) in [6, 6.07) is 6.38. The van der Waals surface area contributed by atoms with Gasteiger partial charge in [-0.25, -0.2) is 0 Å². The summed E-state index contributed by atoms with van der Waals surface area (Å²) in [5, 5.41) is 3.67. The highest BCUT2D eigenvalue weighted by atomic mass is 16.5. The molecule has 1 aromatic rings. The quantitative estimate of drug-likeness (QED) is 0.838. The van der Waals surface area contributed by atoms with E-state index < -0.39 is 0 Å². The number of ether oxygens (including phenoxy) is 3. The maximum Gasteiger partial charge on any atom is 0.122 e. The Kier molecular flexibility index (Phi) is 5.88. The molecular formula is C17H27NO3. The van der Waals surface area contributed by atoms with Crippen molar-refractivity contribution < 1.29 is 14.2 Å². The molecule has 1 fully saturated rings. The van der Waals surface area contributed by atoms with Crippen LogP contribution in [0.2, 0.25) is 0 Å². The van der Waals surface area contributed by atoms with Crippen molar-refractivity contribution in [3.05, 3.63) is 23.8 Å². The van der Waals surface area contributed by atoms with Gasteiger partial charge in [0, 0.05) is 24.6 Å². The smallest absolute Gasteiger partial charge is 0.122 e. The van der Waals surface area contributed by atoms with E-state index in [1.165, 1.54) is 5.56 Å². The van der Waals surface area contributed by atoms with E-state index in [4.69, 9.17) is 14.2 Å². The van der Waals surface area contributed by atoms with Gasteiger partial charge in [0.1, 0.15) is 11.5 Å². The molecule has 1 aliphatic rings. The third kappa shape index (κ3) is 3.89. The first-order chi connectivity index (χ1) is 10.2.